The van der Waals surface area contributed by atoms with Crippen molar-refractivity contribution in [1.82, 2.24) is 10.3 Å². The first-order chi connectivity index (χ1) is 5.84. The molecule has 0 saturated heterocycles. The lowest BCUT2D eigenvalue weighted by atomic mass is 10.3. The van der Waals surface area contributed by atoms with Gasteiger partial charge in [0.05, 0.1) is 5.69 Å². The van der Waals surface area contributed by atoms with Crippen molar-refractivity contribution in [3.8, 4) is 0 Å². The first-order valence-electron chi connectivity index (χ1n) is 4.28. The molecule has 0 amide bonds. The third-order valence-electron chi connectivity index (χ3n) is 1.99. The average molecular weight is 163 g/mol. The van der Waals surface area contributed by atoms with E-state index in [0.717, 1.165) is 24.0 Å². The number of nitrogens with two attached hydrogens (primary N) is 1. The topological polar surface area (TPSA) is 50.9 Å². The molecular formula is C9H13N3. The molecule has 64 valence electrons. The molecule has 0 spiro atoms. The third-order valence-corrected chi connectivity index (χ3v) is 1.99. The van der Waals surface area contributed by atoms with Crippen LogP contribution in [0.15, 0.2) is 18.3 Å². The molecule has 1 aliphatic rings. The van der Waals surface area contributed by atoms with Gasteiger partial charge in [-0.05, 0) is 25.0 Å². The Morgan fingerprint density at radius 1 is 1.58 bits per heavy atom. The molecule has 1 aromatic heterocycles. The zero-order chi connectivity index (χ0) is 8.39. The predicted octanol–water partition coefficient (Wildman–Crippen LogP) is 0.916. The van der Waals surface area contributed by atoms with Crippen molar-refractivity contribution in [2.24, 2.45) is 0 Å². The molecule has 3 heteroatoms. The van der Waals surface area contributed by atoms with Crippen molar-refractivity contribution in [2.45, 2.75) is 25.4 Å². The van der Waals surface area contributed by atoms with E-state index < -0.39 is 0 Å². The van der Waals surface area contributed by atoms with E-state index in [0.29, 0.717) is 0 Å². The van der Waals surface area contributed by atoms with E-state index in [4.69, 9.17) is 5.73 Å². The molecule has 1 heterocycles. The van der Waals surface area contributed by atoms with Gasteiger partial charge in [0.1, 0.15) is 0 Å². The Hall–Kier alpha value is -1.09. The van der Waals surface area contributed by atoms with Crippen LogP contribution >= 0.6 is 0 Å². The Morgan fingerprint density at radius 3 is 3.08 bits per heavy atom. The van der Waals surface area contributed by atoms with Gasteiger partial charge >= 0.3 is 0 Å². The van der Waals surface area contributed by atoms with Crippen LogP contribution in [0.1, 0.15) is 18.5 Å². The molecule has 0 atom stereocenters. The van der Waals surface area contributed by atoms with Crippen molar-refractivity contribution in [3.05, 3.63) is 24.0 Å². The molecular weight excluding hydrogens is 150 g/mol. The highest BCUT2D eigenvalue weighted by Gasteiger charge is 2.19. The smallest absolute Gasteiger partial charge is 0.0562 e. The van der Waals surface area contributed by atoms with Crippen molar-refractivity contribution < 1.29 is 0 Å². The molecule has 0 aliphatic heterocycles. The lowest BCUT2D eigenvalue weighted by Gasteiger charge is -2.01. The van der Waals surface area contributed by atoms with Crippen molar-refractivity contribution >= 4 is 5.69 Å². The summed E-state index contributed by atoms with van der Waals surface area (Å²) in [5.74, 6) is 0. The Bertz CT molecular complexity index is 268. The van der Waals surface area contributed by atoms with Crippen LogP contribution in [0.3, 0.4) is 0 Å². The van der Waals surface area contributed by atoms with Crippen LogP contribution in [-0.4, -0.2) is 11.0 Å². The van der Waals surface area contributed by atoms with Gasteiger partial charge in [-0.1, -0.05) is 0 Å². The molecule has 12 heavy (non-hydrogen) atoms. The summed E-state index contributed by atoms with van der Waals surface area (Å²) in [6.07, 6.45) is 4.36. The van der Waals surface area contributed by atoms with Gasteiger partial charge in [0.25, 0.3) is 0 Å². The van der Waals surface area contributed by atoms with Crippen LogP contribution in [0, 0.1) is 0 Å². The fourth-order valence-electron chi connectivity index (χ4n) is 1.13. The van der Waals surface area contributed by atoms with Gasteiger partial charge < -0.3 is 11.1 Å². The first-order valence-corrected chi connectivity index (χ1v) is 4.28. The Morgan fingerprint density at radius 2 is 2.42 bits per heavy atom. The van der Waals surface area contributed by atoms with Crippen LogP contribution in [0.4, 0.5) is 5.69 Å². The standard InChI is InChI=1S/C9H13N3/c10-7-3-4-11-9(5-7)6-12-8-1-2-8/h3-5,8,12H,1-2,6H2,(H2,10,11). The summed E-state index contributed by atoms with van der Waals surface area (Å²) in [4.78, 5) is 4.20. The molecule has 3 nitrogen and oxygen atoms in total. The molecule has 1 aromatic rings. The maximum Gasteiger partial charge on any atom is 0.0562 e. The zero-order valence-electron chi connectivity index (χ0n) is 6.96. The molecule has 0 aromatic carbocycles. The summed E-state index contributed by atoms with van der Waals surface area (Å²) in [6, 6.07) is 4.45. The van der Waals surface area contributed by atoms with Gasteiger partial charge in [-0.3, -0.25) is 4.98 Å². The summed E-state index contributed by atoms with van der Waals surface area (Å²) in [7, 11) is 0. The predicted molar refractivity (Wildman–Crippen MR) is 48.5 cm³/mol. The molecule has 1 fully saturated rings. The van der Waals surface area contributed by atoms with E-state index in [1.54, 1.807) is 12.3 Å². The Kier molecular flexibility index (Phi) is 1.96. The van der Waals surface area contributed by atoms with Crippen molar-refractivity contribution in [2.75, 3.05) is 5.73 Å². The van der Waals surface area contributed by atoms with Gasteiger partial charge in [0, 0.05) is 24.5 Å². The molecule has 0 radical (unpaired) electrons. The minimum absolute atomic E-state index is 0.730. The van der Waals surface area contributed by atoms with Crippen LogP contribution < -0.4 is 11.1 Å². The average Bonchev–Trinajstić information content (AvgIpc) is 2.84. The van der Waals surface area contributed by atoms with Gasteiger partial charge in [0.15, 0.2) is 0 Å². The highest BCUT2D eigenvalue weighted by molar-refractivity contribution is 5.37. The summed E-state index contributed by atoms with van der Waals surface area (Å²) < 4.78 is 0. The van der Waals surface area contributed by atoms with Crippen molar-refractivity contribution in [1.29, 1.82) is 0 Å². The second-order valence-electron chi connectivity index (χ2n) is 3.24. The number of pyridine rings is 1. The van der Waals surface area contributed by atoms with Gasteiger partial charge in [-0.15, -0.1) is 0 Å². The number of hydrogen-bond acceptors (Lipinski definition) is 3. The summed E-state index contributed by atoms with van der Waals surface area (Å²) in [5, 5.41) is 3.38. The zero-order valence-corrected chi connectivity index (χ0v) is 6.96. The molecule has 2 rings (SSSR count). The highest BCUT2D eigenvalue weighted by Crippen LogP contribution is 2.19. The van der Waals surface area contributed by atoms with Gasteiger partial charge in [-0.2, -0.15) is 0 Å². The number of anilines is 1. The number of nitrogens with zero attached hydrogens (tertiary/aromatic N) is 1. The van der Waals surface area contributed by atoms with Gasteiger partial charge in [0.2, 0.25) is 0 Å². The van der Waals surface area contributed by atoms with Crippen molar-refractivity contribution in [3.63, 3.8) is 0 Å². The van der Waals surface area contributed by atoms with E-state index >= 15 is 0 Å². The molecule has 0 unspecified atom stereocenters. The molecule has 1 aliphatic carbocycles. The van der Waals surface area contributed by atoms with E-state index in [2.05, 4.69) is 10.3 Å². The minimum atomic E-state index is 0.730. The van der Waals surface area contributed by atoms with Crippen LogP contribution in [0.5, 0.6) is 0 Å². The molecule has 3 N–H and O–H groups in total. The number of nitrogen functional groups attached to an aromatic ring is 1. The normalized spacial score (nSPS) is 16.3. The lowest BCUT2D eigenvalue weighted by molar-refractivity contribution is 0.675. The van der Waals surface area contributed by atoms with Gasteiger partial charge in [-0.25, -0.2) is 0 Å². The molecule has 1 saturated carbocycles. The summed E-state index contributed by atoms with van der Waals surface area (Å²) >= 11 is 0. The van der Waals surface area contributed by atoms with Crippen LogP contribution in [-0.2, 0) is 6.54 Å². The quantitative estimate of drug-likeness (QED) is 0.696. The van der Waals surface area contributed by atoms with E-state index in [1.807, 2.05) is 6.07 Å². The maximum atomic E-state index is 5.61. The second kappa shape index (κ2) is 3.11. The largest absolute Gasteiger partial charge is 0.399 e. The fourth-order valence-corrected chi connectivity index (χ4v) is 1.13. The first kappa shape index (κ1) is 7.55. The van der Waals surface area contributed by atoms with E-state index in [9.17, 15) is 0 Å². The number of nitrogens with one attached hydrogen (secondary N) is 1. The monoisotopic (exact) mass is 163 g/mol. The lowest BCUT2D eigenvalue weighted by Crippen LogP contribution is -2.16. The summed E-state index contributed by atoms with van der Waals surface area (Å²) in [5.41, 5.74) is 7.43. The number of aromatic nitrogens is 1. The minimum Gasteiger partial charge on any atom is -0.399 e. The number of hydrogen-bond donors (Lipinski definition) is 2. The SMILES string of the molecule is Nc1ccnc(CNC2CC2)c1. The second-order valence-corrected chi connectivity index (χ2v) is 3.24. The third kappa shape index (κ3) is 1.95. The van der Waals surface area contributed by atoms with Crippen LogP contribution in [0.2, 0.25) is 0 Å². The fraction of sp³-hybridized carbons (Fsp3) is 0.444. The Balaban J connectivity index is 1.92. The highest BCUT2D eigenvalue weighted by atomic mass is 15.0. The van der Waals surface area contributed by atoms with Crippen LogP contribution in [0.25, 0.3) is 0 Å². The maximum absolute atomic E-state index is 5.61. The number of rotatable bonds is 3. The van der Waals surface area contributed by atoms with E-state index in [1.165, 1.54) is 12.8 Å². The molecule has 0 bridgehead atoms. The Labute approximate surface area is 72.0 Å². The van der Waals surface area contributed by atoms with E-state index in [-0.39, 0.29) is 0 Å². The summed E-state index contributed by atoms with van der Waals surface area (Å²) in [6.45, 7) is 0.843.